The number of allylic oxidation sites excluding steroid dienone is 1. The zero-order chi connectivity index (χ0) is 27.1. The third-order valence-corrected chi connectivity index (χ3v) is 7.19. The van der Waals surface area contributed by atoms with Crippen LogP contribution >= 0.6 is 34.4 Å². The average Bonchev–Trinajstić information content (AvgIpc) is 3.17. The van der Waals surface area contributed by atoms with Crippen LogP contribution in [0.2, 0.25) is 0 Å². The Morgan fingerprint density at radius 1 is 1.11 bits per heavy atom. The highest BCUT2D eigenvalue weighted by atomic mass is 127. The minimum Gasteiger partial charge on any atom is -0.493 e. The predicted octanol–water partition coefficient (Wildman–Crippen LogP) is 6.28. The molecule has 0 aromatic heterocycles. The SMILES string of the molecule is C=CCc1cc(/C=C2\SC(=O)N(CC(=O)Nc3ccc(I)cc3)C2=O)cc(OC)c1OCc1ccccc1. The molecule has 0 spiro atoms. The summed E-state index contributed by atoms with van der Waals surface area (Å²) in [5.74, 6) is 0.118. The molecule has 38 heavy (non-hydrogen) atoms. The van der Waals surface area contributed by atoms with Gasteiger partial charge in [-0.1, -0.05) is 36.4 Å². The van der Waals surface area contributed by atoms with Gasteiger partial charge in [0.2, 0.25) is 5.91 Å². The van der Waals surface area contributed by atoms with Gasteiger partial charge in [0, 0.05) is 14.8 Å². The maximum Gasteiger partial charge on any atom is 0.294 e. The van der Waals surface area contributed by atoms with Crippen LogP contribution in [-0.2, 0) is 22.6 Å². The number of methoxy groups -OCH3 is 1. The number of thioether (sulfide) groups is 1. The van der Waals surface area contributed by atoms with E-state index in [0.717, 1.165) is 31.4 Å². The van der Waals surface area contributed by atoms with Crippen molar-refractivity contribution in [1.82, 2.24) is 4.90 Å². The zero-order valence-corrected chi connectivity index (χ0v) is 23.6. The standard InChI is InChI=1S/C29H25IN2O5S/c1-3-7-21-14-20(15-24(36-2)27(21)37-18-19-8-5-4-6-9-19)16-25-28(34)32(29(35)38-25)17-26(33)31-23-12-10-22(30)11-13-23/h3-6,8-16H,1,7,17-18H2,2H3,(H,31,33)/b25-16-. The van der Waals surface area contributed by atoms with Crippen molar-refractivity contribution in [1.29, 1.82) is 0 Å². The number of amides is 3. The van der Waals surface area contributed by atoms with Crippen molar-refractivity contribution in [2.24, 2.45) is 0 Å². The number of rotatable bonds is 10. The summed E-state index contributed by atoms with van der Waals surface area (Å²) in [6.45, 7) is 3.83. The number of halogens is 1. The molecule has 0 atom stereocenters. The fraction of sp³-hybridized carbons (Fsp3) is 0.138. The highest BCUT2D eigenvalue weighted by Gasteiger charge is 2.36. The van der Waals surface area contributed by atoms with Gasteiger partial charge in [-0.05, 0) is 94.4 Å². The maximum absolute atomic E-state index is 13.0. The Morgan fingerprint density at radius 2 is 1.84 bits per heavy atom. The first-order valence-corrected chi connectivity index (χ1v) is 13.6. The predicted molar refractivity (Wildman–Crippen MR) is 158 cm³/mol. The average molecular weight is 640 g/mol. The number of carbonyl (C=O) groups excluding carboxylic acids is 3. The molecule has 1 fully saturated rings. The fourth-order valence-electron chi connectivity index (χ4n) is 3.78. The quantitative estimate of drug-likeness (QED) is 0.160. The molecule has 3 aromatic rings. The van der Waals surface area contributed by atoms with Crippen molar-refractivity contribution in [3.8, 4) is 11.5 Å². The summed E-state index contributed by atoms with van der Waals surface area (Å²) < 4.78 is 12.7. The molecule has 1 aliphatic rings. The van der Waals surface area contributed by atoms with E-state index < -0.39 is 17.1 Å². The Hall–Kier alpha value is -3.57. The minimum absolute atomic E-state index is 0.224. The highest BCUT2D eigenvalue weighted by molar-refractivity contribution is 14.1. The van der Waals surface area contributed by atoms with E-state index in [0.29, 0.717) is 35.8 Å². The van der Waals surface area contributed by atoms with E-state index in [1.54, 1.807) is 37.5 Å². The molecule has 0 saturated carbocycles. The molecule has 0 radical (unpaired) electrons. The van der Waals surface area contributed by atoms with Gasteiger partial charge < -0.3 is 14.8 Å². The largest absolute Gasteiger partial charge is 0.493 e. The van der Waals surface area contributed by atoms with Gasteiger partial charge in [-0.15, -0.1) is 6.58 Å². The first kappa shape index (κ1) is 27.5. The van der Waals surface area contributed by atoms with E-state index in [2.05, 4.69) is 34.5 Å². The number of nitrogens with zero attached hydrogens (tertiary/aromatic N) is 1. The van der Waals surface area contributed by atoms with E-state index in [1.807, 2.05) is 48.5 Å². The second-order valence-corrected chi connectivity index (χ2v) is 10.5. The van der Waals surface area contributed by atoms with Crippen molar-refractivity contribution in [2.45, 2.75) is 13.0 Å². The summed E-state index contributed by atoms with van der Waals surface area (Å²) in [6, 6.07) is 20.6. The van der Waals surface area contributed by atoms with E-state index in [9.17, 15) is 14.4 Å². The van der Waals surface area contributed by atoms with Crippen LogP contribution in [0.1, 0.15) is 16.7 Å². The topological polar surface area (TPSA) is 84.9 Å². The first-order valence-electron chi connectivity index (χ1n) is 11.7. The summed E-state index contributed by atoms with van der Waals surface area (Å²) in [5, 5.41) is 2.21. The van der Waals surface area contributed by atoms with Crippen molar-refractivity contribution < 1.29 is 23.9 Å². The molecule has 9 heteroatoms. The summed E-state index contributed by atoms with van der Waals surface area (Å²) in [7, 11) is 1.55. The second kappa shape index (κ2) is 12.8. The molecule has 3 amide bonds. The lowest BCUT2D eigenvalue weighted by Gasteiger charge is -2.16. The number of hydrogen-bond acceptors (Lipinski definition) is 6. The fourth-order valence-corrected chi connectivity index (χ4v) is 4.98. The number of imide groups is 1. The molecular weight excluding hydrogens is 615 g/mol. The molecule has 0 bridgehead atoms. The zero-order valence-electron chi connectivity index (χ0n) is 20.6. The Balaban J connectivity index is 1.52. The van der Waals surface area contributed by atoms with Crippen molar-refractivity contribution >= 4 is 63.2 Å². The summed E-state index contributed by atoms with van der Waals surface area (Å²) in [6.07, 6.45) is 3.90. The van der Waals surface area contributed by atoms with Crippen LogP contribution in [0.5, 0.6) is 11.5 Å². The monoisotopic (exact) mass is 640 g/mol. The van der Waals surface area contributed by atoms with Gasteiger partial charge in [0.1, 0.15) is 13.2 Å². The summed E-state index contributed by atoms with van der Waals surface area (Å²) in [4.78, 5) is 39.2. The molecule has 7 nitrogen and oxygen atoms in total. The summed E-state index contributed by atoms with van der Waals surface area (Å²) >= 11 is 2.96. The molecule has 1 saturated heterocycles. The number of anilines is 1. The number of benzene rings is 3. The van der Waals surface area contributed by atoms with Gasteiger partial charge in [-0.25, -0.2) is 0 Å². The van der Waals surface area contributed by atoms with Crippen molar-refractivity contribution in [2.75, 3.05) is 19.0 Å². The molecule has 194 valence electrons. The van der Waals surface area contributed by atoms with Gasteiger partial charge >= 0.3 is 0 Å². The van der Waals surface area contributed by atoms with Crippen LogP contribution in [0.25, 0.3) is 6.08 Å². The van der Waals surface area contributed by atoms with Crippen LogP contribution in [0.15, 0.2) is 84.3 Å². The molecule has 0 aliphatic carbocycles. The molecule has 4 rings (SSSR count). The summed E-state index contributed by atoms with van der Waals surface area (Å²) in [5.41, 5.74) is 3.11. The van der Waals surface area contributed by atoms with Crippen LogP contribution in [0.3, 0.4) is 0 Å². The maximum atomic E-state index is 13.0. The van der Waals surface area contributed by atoms with Crippen molar-refractivity contribution in [3.63, 3.8) is 0 Å². The smallest absolute Gasteiger partial charge is 0.294 e. The van der Waals surface area contributed by atoms with E-state index in [4.69, 9.17) is 9.47 Å². The minimum atomic E-state index is -0.522. The van der Waals surface area contributed by atoms with Gasteiger partial charge in [-0.3, -0.25) is 19.3 Å². The van der Waals surface area contributed by atoms with Crippen LogP contribution in [-0.4, -0.2) is 35.6 Å². The van der Waals surface area contributed by atoms with E-state index in [1.165, 1.54) is 0 Å². The Kier molecular flexibility index (Phi) is 9.24. The van der Waals surface area contributed by atoms with Crippen LogP contribution in [0, 0.1) is 3.57 Å². The Bertz CT molecular complexity index is 1390. The van der Waals surface area contributed by atoms with Crippen molar-refractivity contribution in [3.05, 3.63) is 105 Å². The number of nitrogens with one attached hydrogen (secondary N) is 1. The molecule has 1 N–H and O–H groups in total. The number of hydrogen-bond donors (Lipinski definition) is 1. The lowest BCUT2D eigenvalue weighted by molar-refractivity contribution is -0.127. The molecular formula is C29H25IN2O5S. The lowest BCUT2D eigenvalue weighted by atomic mass is 10.0. The number of carbonyl (C=O) groups is 3. The molecule has 0 unspecified atom stereocenters. The molecule has 3 aromatic carbocycles. The van der Waals surface area contributed by atoms with Gasteiger partial charge in [0.05, 0.1) is 12.0 Å². The van der Waals surface area contributed by atoms with Gasteiger partial charge in [0.15, 0.2) is 11.5 Å². The van der Waals surface area contributed by atoms with Crippen LogP contribution in [0.4, 0.5) is 10.5 Å². The third kappa shape index (κ3) is 6.84. The normalized spacial score (nSPS) is 14.1. The lowest BCUT2D eigenvalue weighted by Crippen LogP contribution is -2.36. The Labute approximate surface area is 239 Å². The molecule has 1 heterocycles. The Morgan fingerprint density at radius 3 is 2.53 bits per heavy atom. The first-order chi connectivity index (χ1) is 18.4. The number of ether oxygens (including phenoxy) is 2. The third-order valence-electron chi connectivity index (χ3n) is 5.57. The van der Waals surface area contributed by atoms with E-state index >= 15 is 0 Å². The molecule has 1 aliphatic heterocycles. The van der Waals surface area contributed by atoms with E-state index in [-0.39, 0.29) is 11.4 Å². The van der Waals surface area contributed by atoms with Gasteiger partial charge in [0.25, 0.3) is 11.1 Å². The van der Waals surface area contributed by atoms with Crippen LogP contribution < -0.4 is 14.8 Å². The second-order valence-electron chi connectivity index (χ2n) is 8.30. The van der Waals surface area contributed by atoms with Gasteiger partial charge in [-0.2, -0.15) is 0 Å². The highest BCUT2D eigenvalue weighted by Crippen LogP contribution is 2.37.